The van der Waals surface area contributed by atoms with Crippen LogP contribution in [-0.4, -0.2) is 23.4 Å². The Balaban J connectivity index is 2.42. The molecule has 1 aromatic rings. The minimum atomic E-state index is -0.651. The molecule has 19 heavy (non-hydrogen) atoms. The van der Waals surface area contributed by atoms with Crippen molar-refractivity contribution < 1.29 is 18.8 Å². The molecule has 5 heteroatoms. The van der Waals surface area contributed by atoms with Crippen LogP contribution in [0.1, 0.15) is 38.8 Å². The Hall–Kier alpha value is -0.905. The molecule has 0 bridgehead atoms. The van der Waals surface area contributed by atoms with Crippen LogP contribution in [0.4, 0.5) is 4.39 Å². The summed E-state index contributed by atoms with van der Waals surface area (Å²) in [5.41, 5.74) is 0.739. The van der Waals surface area contributed by atoms with Gasteiger partial charge in [-0.15, -0.1) is 0 Å². The SMILES string of the molecule is Cc1cc(CO)c(B2OC(C)(C)C(C)(C)O2)cc1F. The molecule has 1 fully saturated rings. The zero-order chi connectivity index (χ0) is 14.4. The third kappa shape index (κ3) is 2.42. The number of rotatable bonds is 2. The molecule has 0 saturated carbocycles. The molecule has 0 atom stereocenters. The van der Waals surface area contributed by atoms with Gasteiger partial charge < -0.3 is 14.4 Å². The summed E-state index contributed by atoms with van der Waals surface area (Å²) in [4.78, 5) is 0. The van der Waals surface area contributed by atoms with Gasteiger partial charge in [-0.2, -0.15) is 0 Å². The van der Waals surface area contributed by atoms with E-state index in [0.29, 0.717) is 16.6 Å². The van der Waals surface area contributed by atoms with Crippen LogP contribution in [0.3, 0.4) is 0 Å². The van der Waals surface area contributed by atoms with Crippen LogP contribution in [0.5, 0.6) is 0 Å². The summed E-state index contributed by atoms with van der Waals surface area (Å²) in [7, 11) is -0.651. The molecule has 1 saturated heterocycles. The fourth-order valence-corrected chi connectivity index (χ4v) is 2.08. The topological polar surface area (TPSA) is 38.7 Å². The van der Waals surface area contributed by atoms with Gasteiger partial charge in [0.25, 0.3) is 0 Å². The lowest BCUT2D eigenvalue weighted by atomic mass is 9.75. The standard InChI is InChI=1S/C14H20BFO3/c1-9-6-10(8-17)11(7-12(9)16)15-18-13(2,3)14(4,5)19-15/h6-7,17H,8H2,1-5H3. The van der Waals surface area contributed by atoms with E-state index in [1.165, 1.54) is 6.07 Å². The molecule has 1 aromatic carbocycles. The first-order valence-electron chi connectivity index (χ1n) is 6.43. The monoisotopic (exact) mass is 266 g/mol. The first kappa shape index (κ1) is 14.5. The summed E-state index contributed by atoms with van der Waals surface area (Å²) in [6, 6.07) is 3.03. The van der Waals surface area contributed by atoms with Crippen molar-refractivity contribution >= 4 is 12.6 Å². The second-order valence-corrected chi connectivity index (χ2v) is 6.05. The summed E-state index contributed by atoms with van der Waals surface area (Å²) in [5.74, 6) is -0.318. The Morgan fingerprint density at radius 3 is 2.16 bits per heavy atom. The second-order valence-electron chi connectivity index (χ2n) is 6.05. The lowest BCUT2D eigenvalue weighted by Crippen LogP contribution is -2.41. The molecule has 1 heterocycles. The molecule has 2 rings (SSSR count). The molecule has 0 spiro atoms. The summed E-state index contributed by atoms with van der Waals surface area (Å²) in [5, 5.41) is 9.42. The van der Waals surface area contributed by atoms with Gasteiger partial charge in [-0.3, -0.25) is 0 Å². The third-order valence-electron chi connectivity index (χ3n) is 4.10. The van der Waals surface area contributed by atoms with Gasteiger partial charge in [0.2, 0.25) is 0 Å². The van der Waals surface area contributed by atoms with E-state index in [4.69, 9.17) is 9.31 Å². The Kier molecular flexibility index (Phi) is 3.50. The summed E-state index contributed by atoms with van der Waals surface area (Å²) in [6.07, 6.45) is 0. The van der Waals surface area contributed by atoms with Crippen molar-refractivity contribution in [1.29, 1.82) is 0 Å². The van der Waals surface area contributed by atoms with Crippen LogP contribution in [0, 0.1) is 12.7 Å². The van der Waals surface area contributed by atoms with Crippen molar-refractivity contribution in [2.24, 2.45) is 0 Å². The van der Waals surface area contributed by atoms with Gasteiger partial charge in [0.05, 0.1) is 17.8 Å². The highest BCUT2D eigenvalue weighted by atomic mass is 19.1. The highest BCUT2D eigenvalue weighted by Gasteiger charge is 2.52. The molecule has 0 amide bonds. The van der Waals surface area contributed by atoms with E-state index in [1.807, 2.05) is 27.7 Å². The fourth-order valence-electron chi connectivity index (χ4n) is 2.08. The van der Waals surface area contributed by atoms with E-state index in [-0.39, 0.29) is 12.4 Å². The van der Waals surface area contributed by atoms with E-state index >= 15 is 0 Å². The summed E-state index contributed by atoms with van der Waals surface area (Å²) >= 11 is 0. The molecule has 0 unspecified atom stereocenters. The van der Waals surface area contributed by atoms with E-state index in [2.05, 4.69) is 0 Å². The Labute approximate surface area is 113 Å². The molecule has 1 aliphatic heterocycles. The van der Waals surface area contributed by atoms with Crippen molar-refractivity contribution in [1.82, 2.24) is 0 Å². The minimum Gasteiger partial charge on any atom is -0.399 e. The molecule has 0 aromatic heterocycles. The smallest absolute Gasteiger partial charge is 0.399 e. The number of aliphatic hydroxyl groups excluding tert-OH is 1. The maximum atomic E-state index is 13.7. The molecule has 3 nitrogen and oxygen atoms in total. The van der Waals surface area contributed by atoms with Gasteiger partial charge in [0.1, 0.15) is 5.82 Å². The fraction of sp³-hybridized carbons (Fsp3) is 0.571. The first-order chi connectivity index (χ1) is 8.68. The second kappa shape index (κ2) is 4.58. The predicted octanol–water partition coefficient (Wildman–Crippen LogP) is 1.93. The van der Waals surface area contributed by atoms with Gasteiger partial charge >= 0.3 is 7.12 Å². The van der Waals surface area contributed by atoms with E-state index < -0.39 is 18.3 Å². The Bertz CT molecular complexity index is 484. The lowest BCUT2D eigenvalue weighted by Gasteiger charge is -2.32. The third-order valence-corrected chi connectivity index (χ3v) is 4.10. The average molecular weight is 266 g/mol. The quantitative estimate of drug-likeness (QED) is 0.831. The average Bonchev–Trinajstić information content (AvgIpc) is 2.51. The first-order valence-corrected chi connectivity index (χ1v) is 6.43. The lowest BCUT2D eigenvalue weighted by molar-refractivity contribution is 0.00578. The van der Waals surface area contributed by atoms with Crippen LogP contribution in [0.2, 0.25) is 0 Å². The zero-order valence-corrected chi connectivity index (χ0v) is 12.1. The Morgan fingerprint density at radius 2 is 1.68 bits per heavy atom. The number of benzene rings is 1. The minimum absolute atomic E-state index is 0.166. The van der Waals surface area contributed by atoms with Crippen LogP contribution in [-0.2, 0) is 15.9 Å². The number of hydrogen-bond donors (Lipinski definition) is 1. The largest absolute Gasteiger partial charge is 0.495 e. The normalized spacial score (nSPS) is 20.9. The molecule has 1 aliphatic rings. The van der Waals surface area contributed by atoms with Crippen LogP contribution < -0.4 is 5.46 Å². The van der Waals surface area contributed by atoms with Crippen molar-refractivity contribution in [3.05, 3.63) is 29.1 Å². The molecule has 0 aliphatic carbocycles. The number of halogens is 1. The summed E-state index contributed by atoms with van der Waals surface area (Å²) < 4.78 is 25.5. The van der Waals surface area contributed by atoms with Crippen molar-refractivity contribution in [2.45, 2.75) is 52.4 Å². The van der Waals surface area contributed by atoms with Gasteiger partial charge in [-0.1, -0.05) is 6.07 Å². The zero-order valence-electron chi connectivity index (χ0n) is 12.1. The van der Waals surface area contributed by atoms with Gasteiger partial charge in [-0.05, 0) is 57.3 Å². The van der Waals surface area contributed by atoms with Crippen LogP contribution >= 0.6 is 0 Å². The molecule has 104 valence electrons. The van der Waals surface area contributed by atoms with Gasteiger partial charge in [0, 0.05) is 0 Å². The molecular formula is C14H20BFO3. The molecular weight excluding hydrogens is 246 g/mol. The predicted molar refractivity (Wildman–Crippen MR) is 72.8 cm³/mol. The van der Waals surface area contributed by atoms with Crippen molar-refractivity contribution in [3.63, 3.8) is 0 Å². The Morgan fingerprint density at radius 1 is 1.16 bits per heavy atom. The number of hydrogen-bond acceptors (Lipinski definition) is 3. The maximum Gasteiger partial charge on any atom is 0.495 e. The maximum absolute atomic E-state index is 13.7. The van der Waals surface area contributed by atoms with Crippen LogP contribution in [0.15, 0.2) is 12.1 Å². The highest BCUT2D eigenvalue weighted by Crippen LogP contribution is 2.36. The number of aliphatic hydroxyl groups is 1. The van der Waals surface area contributed by atoms with E-state index in [9.17, 15) is 9.50 Å². The highest BCUT2D eigenvalue weighted by molar-refractivity contribution is 6.62. The number of aryl methyl sites for hydroxylation is 1. The van der Waals surface area contributed by atoms with Crippen LogP contribution in [0.25, 0.3) is 0 Å². The molecule has 0 radical (unpaired) electrons. The van der Waals surface area contributed by atoms with Crippen molar-refractivity contribution in [3.8, 4) is 0 Å². The van der Waals surface area contributed by atoms with E-state index in [0.717, 1.165) is 0 Å². The van der Waals surface area contributed by atoms with Gasteiger partial charge in [-0.25, -0.2) is 4.39 Å². The summed E-state index contributed by atoms with van der Waals surface area (Å²) in [6.45, 7) is 9.27. The van der Waals surface area contributed by atoms with Crippen molar-refractivity contribution in [2.75, 3.05) is 0 Å². The van der Waals surface area contributed by atoms with E-state index in [1.54, 1.807) is 13.0 Å². The molecule has 1 N–H and O–H groups in total. The van der Waals surface area contributed by atoms with Gasteiger partial charge in [0.15, 0.2) is 0 Å².